The van der Waals surface area contributed by atoms with E-state index in [9.17, 15) is 9.18 Å². The van der Waals surface area contributed by atoms with Crippen LogP contribution >= 0.6 is 0 Å². The highest BCUT2D eigenvalue weighted by Crippen LogP contribution is 2.35. The van der Waals surface area contributed by atoms with Crippen LogP contribution in [-0.2, 0) is 9.53 Å². The maximum Gasteiger partial charge on any atom is 0.364 e. The van der Waals surface area contributed by atoms with Gasteiger partial charge in [0.2, 0.25) is 5.83 Å². The lowest BCUT2D eigenvalue weighted by atomic mass is 9.87. The second kappa shape index (κ2) is 2.86. The summed E-state index contributed by atoms with van der Waals surface area (Å²) < 4.78 is 17.9. The Morgan fingerprint density at radius 3 is 2.58 bits per heavy atom. The normalized spacial score (nSPS) is 25.6. The van der Waals surface area contributed by atoms with Gasteiger partial charge in [-0.3, -0.25) is 0 Å². The lowest BCUT2D eigenvalue weighted by Gasteiger charge is -2.16. The summed E-state index contributed by atoms with van der Waals surface area (Å²) in [4.78, 5) is 10.3. The van der Waals surface area contributed by atoms with E-state index in [1.807, 2.05) is 0 Å². The van der Waals surface area contributed by atoms with Crippen molar-refractivity contribution in [2.75, 3.05) is 13.2 Å². The molecule has 1 saturated heterocycles. The summed E-state index contributed by atoms with van der Waals surface area (Å²) in [5, 5.41) is 8.39. The largest absolute Gasteiger partial charge is 0.476 e. The van der Waals surface area contributed by atoms with Crippen LogP contribution in [0.1, 0.15) is 13.8 Å². The molecule has 1 rings (SSSR count). The fraction of sp³-hybridized carbons (Fsp3) is 0.625. The molecular weight excluding hydrogens is 163 g/mol. The van der Waals surface area contributed by atoms with Crippen LogP contribution in [0.5, 0.6) is 0 Å². The highest BCUT2D eigenvalue weighted by atomic mass is 19.1. The number of ether oxygens (including phenoxy) is 1. The summed E-state index contributed by atoms with van der Waals surface area (Å²) in [6.07, 6.45) is 0. The predicted molar refractivity (Wildman–Crippen MR) is 40.4 cm³/mol. The van der Waals surface area contributed by atoms with Gasteiger partial charge in [0, 0.05) is 11.0 Å². The van der Waals surface area contributed by atoms with Crippen LogP contribution < -0.4 is 0 Å². The van der Waals surface area contributed by atoms with Crippen LogP contribution in [0.2, 0.25) is 0 Å². The van der Waals surface area contributed by atoms with Crippen LogP contribution in [0.15, 0.2) is 11.4 Å². The number of carboxylic acid groups (broad SMARTS) is 1. The molecule has 0 aromatic carbocycles. The average Bonchev–Trinajstić information content (AvgIpc) is 2.27. The van der Waals surface area contributed by atoms with Gasteiger partial charge in [0.25, 0.3) is 0 Å². The summed E-state index contributed by atoms with van der Waals surface area (Å²) in [7, 11) is 0. The molecule has 1 aliphatic heterocycles. The molecule has 4 heteroatoms. The van der Waals surface area contributed by atoms with Crippen LogP contribution in [0.3, 0.4) is 0 Å². The third-order valence-corrected chi connectivity index (χ3v) is 1.98. The van der Waals surface area contributed by atoms with E-state index in [1.54, 1.807) is 13.8 Å². The molecule has 68 valence electrons. The minimum atomic E-state index is -1.51. The van der Waals surface area contributed by atoms with Gasteiger partial charge in [-0.05, 0) is 0 Å². The minimum Gasteiger partial charge on any atom is -0.476 e. The predicted octanol–water partition coefficient (Wildman–Crippen LogP) is 1.35. The summed E-state index contributed by atoms with van der Waals surface area (Å²) in [5.41, 5.74) is -0.238. The molecule has 1 N–H and O–H groups in total. The zero-order valence-electron chi connectivity index (χ0n) is 7.06. The van der Waals surface area contributed by atoms with Crippen LogP contribution in [0.4, 0.5) is 4.39 Å². The number of rotatable bonds is 1. The van der Waals surface area contributed by atoms with Gasteiger partial charge in [-0.1, -0.05) is 13.8 Å². The summed E-state index contributed by atoms with van der Waals surface area (Å²) >= 11 is 0. The van der Waals surface area contributed by atoms with Crippen molar-refractivity contribution in [2.45, 2.75) is 13.8 Å². The first-order valence-corrected chi connectivity index (χ1v) is 3.65. The lowest BCUT2D eigenvalue weighted by Crippen LogP contribution is -2.16. The Bertz CT molecular complexity index is 243. The molecule has 0 spiro atoms. The zero-order chi connectivity index (χ0) is 9.35. The lowest BCUT2D eigenvalue weighted by molar-refractivity contribution is -0.134. The van der Waals surface area contributed by atoms with E-state index in [1.165, 1.54) is 0 Å². The topological polar surface area (TPSA) is 46.5 Å². The van der Waals surface area contributed by atoms with E-state index in [0.29, 0.717) is 6.61 Å². The Labute approximate surface area is 69.8 Å². The molecular formula is C8H11FO3. The van der Waals surface area contributed by atoms with Crippen molar-refractivity contribution in [3.63, 3.8) is 0 Å². The van der Waals surface area contributed by atoms with E-state index in [-0.39, 0.29) is 12.2 Å². The fourth-order valence-corrected chi connectivity index (χ4v) is 1.18. The SMILES string of the molecule is CC1(C)COC/C1=C(\F)C(=O)O. The molecule has 0 saturated carbocycles. The number of hydrogen-bond acceptors (Lipinski definition) is 2. The Morgan fingerprint density at radius 1 is 1.67 bits per heavy atom. The Morgan fingerprint density at radius 2 is 2.25 bits per heavy atom. The molecule has 0 bridgehead atoms. The molecule has 0 amide bonds. The summed E-state index contributed by atoms with van der Waals surface area (Å²) in [5.74, 6) is -2.58. The Balaban J connectivity index is 3.01. The van der Waals surface area contributed by atoms with Crippen molar-refractivity contribution in [2.24, 2.45) is 5.41 Å². The maximum absolute atomic E-state index is 12.9. The van der Waals surface area contributed by atoms with Gasteiger partial charge in [-0.15, -0.1) is 0 Å². The van der Waals surface area contributed by atoms with Crippen molar-refractivity contribution < 1.29 is 19.0 Å². The minimum absolute atomic E-state index is 0.0884. The second-order valence-electron chi connectivity index (χ2n) is 3.47. The Hall–Kier alpha value is -0.900. The highest BCUT2D eigenvalue weighted by Gasteiger charge is 2.34. The first-order chi connectivity index (χ1) is 5.45. The number of carbonyl (C=O) groups is 1. The van der Waals surface area contributed by atoms with Crippen molar-refractivity contribution in [1.82, 2.24) is 0 Å². The quantitative estimate of drug-likeness (QED) is 0.610. The van der Waals surface area contributed by atoms with E-state index in [2.05, 4.69) is 0 Å². The van der Waals surface area contributed by atoms with Gasteiger partial charge >= 0.3 is 5.97 Å². The average molecular weight is 174 g/mol. The molecule has 0 aliphatic carbocycles. The van der Waals surface area contributed by atoms with Crippen molar-refractivity contribution in [3.05, 3.63) is 11.4 Å². The van der Waals surface area contributed by atoms with Gasteiger partial charge in [0.15, 0.2) is 0 Å². The number of hydrogen-bond donors (Lipinski definition) is 1. The van der Waals surface area contributed by atoms with Crippen molar-refractivity contribution in [1.29, 1.82) is 0 Å². The summed E-state index contributed by atoms with van der Waals surface area (Å²) in [6, 6.07) is 0. The van der Waals surface area contributed by atoms with Gasteiger partial charge in [-0.25, -0.2) is 4.79 Å². The van der Waals surface area contributed by atoms with Crippen molar-refractivity contribution >= 4 is 5.97 Å². The molecule has 0 radical (unpaired) electrons. The van der Waals surface area contributed by atoms with Gasteiger partial charge in [-0.2, -0.15) is 4.39 Å². The van der Waals surface area contributed by atoms with Gasteiger partial charge in [0.1, 0.15) is 0 Å². The monoisotopic (exact) mass is 174 g/mol. The third-order valence-electron chi connectivity index (χ3n) is 1.98. The molecule has 0 aromatic rings. The first-order valence-electron chi connectivity index (χ1n) is 3.65. The molecule has 1 heterocycles. The van der Waals surface area contributed by atoms with Crippen LogP contribution in [0.25, 0.3) is 0 Å². The molecule has 1 aliphatic rings. The molecule has 3 nitrogen and oxygen atoms in total. The highest BCUT2D eigenvalue weighted by molar-refractivity contribution is 5.85. The first kappa shape index (κ1) is 9.19. The van der Waals surface area contributed by atoms with Gasteiger partial charge in [0.05, 0.1) is 13.2 Å². The van der Waals surface area contributed by atoms with Crippen molar-refractivity contribution in [3.8, 4) is 0 Å². The van der Waals surface area contributed by atoms with E-state index in [4.69, 9.17) is 9.84 Å². The number of halogens is 1. The molecule has 0 aromatic heterocycles. The van der Waals surface area contributed by atoms with Gasteiger partial charge < -0.3 is 9.84 Å². The second-order valence-corrected chi connectivity index (χ2v) is 3.47. The molecule has 1 fully saturated rings. The van der Waals surface area contributed by atoms with Crippen LogP contribution in [-0.4, -0.2) is 24.3 Å². The van der Waals surface area contributed by atoms with E-state index >= 15 is 0 Å². The van der Waals surface area contributed by atoms with Crippen LogP contribution in [0, 0.1) is 5.41 Å². The fourth-order valence-electron chi connectivity index (χ4n) is 1.18. The van der Waals surface area contributed by atoms with E-state index < -0.39 is 17.2 Å². The van der Waals surface area contributed by atoms with E-state index in [0.717, 1.165) is 0 Å². The summed E-state index contributed by atoms with van der Waals surface area (Å²) in [6.45, 7) is 3.99. The number of aliphatic carboxylic acids is 1. The maximum atomic E-state index is 12.9. The smallest absolute Gasteiger partial charge is 0.364 e. The zero-order valence-corrected chi connectivity index (χ0v) is 7.06. The standard InChI is InChI=1S/C8H11FO3/c1-8(2)4-12-3-5(8)6(9)7(10)11/h3-4H2,1-2H3,(H,10,11)/b6-5+. The molecule has 0 unspecified atom stereocenters. The number of carboxylic acids is 1. The Kier molecular flexibility index (Phi) is 2.19. The molecule has 12 heavy (non-hydrogen) atoms. The molecule has 0 atom stereocenters. The third kappa shape index (κ3) is 1.48.